The Balaban J connectivity index is 1.43. The standard InChI is InChI=1S/C20H21F3N4O2S/c1-11-12(2)29-19(24-11)30-10-18(28)27-7-3-4-13(9-27)15-8-16-14(25-15)5-6-17(26-16)20(21,22)23/h5-6,8,13,25H,3-4,7,9-10H2,1-2H3/t13-/m0/s1. The van der Waals surface area contributed by atoms with Crippen molar-refractivity contribution in [3.8, 4) is 0 Å². The van der Waals surface area contributed by atoms with Crippen molar-refractivity contribution in [1.29, 1.82) is 0 Å². The average Bonchev–Trinajstić information content (AvgIpc) is 3.28. The van der Waals surface area contributed by atoms with Crippen LogP contribution in [0.5, 0.6) is 0 Å². The van der Waals surface area contributed by atoms with Gasteiger partial charge in [-0.15, -0.1) is 0 Å². The normalized spacial score (nSPS) is 17.6. The molecule has 3 aromatic rings. The van der Waals surface area contributed by atoms with E-state index >= 15 is 0 Å². The number of carbonyl (C=O) groups excluding carboxylic acids is 1. The van der Waals surface area contributed by atoms with E-state index in [1.807, 2.05) is 13.8 Å². The minimum absolute atomic E-state index is 0.00759. The summed E-state index contributed by atoms with van der Waals surface area (Å²) in [7, 11) is 0. The van der Waals surface area contributed by atoms with Gasteiger partial charge in [-0.3, -0.25) is 4.79 Å². The first-order valence-corrected chi connectivity index (χ1v) is 10.6. The van der Waals surface area contributed by atoms with Crippen LogP contribution in [0.15, 0.2) is 27.8 Å². The number of nitrogens with zero attached hydrogens (tertiary/aromatic N) is 3. The summed E-state index contributed by atoms with van der Waals surface area (Å²) in [4.78, 5) is 25.6. The molecule has 0 radical (unpaired) electrons. The van der Waals surface area contributed by atoms with E-state index in [-0.39, 0.29) is 23.1 Å². The summed E-state index contributed by atoms with van der Waals surface area (Å²) < 4.78 is 44.2. The molecule has 6 nitrogen and oxygen atoms in total. The molecular formula is C20H21F3N4O2S. The molecule has 1 atom stereocenters. The quantitative estimate of drug-likeness (QED) is 0.599. The molecule has 1 fully saturated rings. The van der Waals surface area contributed by atoms with Crippen molar-refractivity contribution >= 4 is 28.7 Å². The number of piperidine rings is 1. The molecule has 0 saturated carbocycles. The number of aromatic amines is 1. The molecule has 1 aliphatic heterocycles. The number of amides is 1. The zero-order valence-corrected chi connectivity index (χ0v) is 17.4. The van der Waals surface area contributed by atoms with Gasteiger partial charge in [0, 0.05) is 24.7 Å². The maximum absolute atomic E-state index is 12.9. The summed E-state index contributed by atoms with van der Waals surface area (Å²) in [5.74, 6) is 0.994. The maximum atomic E-state index is 12.9. The number of nitrogens with one attached hydrogen (secondary N) is 1. The topological polar surface area (TPSA) is 75.0 Å². The third kappa shape index (κ3) is 4.33. The smallest absolute Gasteiger partial charge is 0.433 e. The van der Waals surface area contributed by atoms with Gasteiger partial charge in [0.05, 0.1) is 22.5 Å². The van der Waals surface area contributed by atoms with Crippen LogP contribution in [0.4, 0.5) is 13.2 Å². The molecule has 1 saturated heterocycles. The highest BCUT2D eigenvalue weighted by Crippen LogP contribution is 2.32. The van der Waals surface area contributed by atoms with Gasteiger partial charge in [-0.05, 0) is 44.9 Å². The Kier molecular flexibility index (Phi) is 5.52. The molecule has 1 N–H and O–H groups in total. The van der Waals surface area contributed by atoms with Crippen LogP contribution in [0.2, 0.25) is 0 Å². The Hall–Kier alpha value is -2.49. The number of hydrogen-bond acceptors (Lipinski definition) is 5. The van der Waals surface area contributed by atoms with E-state index in [4.69, 9.17) is 4.42 Å². The molecule has 0 bridgehead atoms. The van der Waals surface area contributed by atoms with Gasteiger partial charge in [0.2, 0.25) is 5.91 Å². The Labute approximate surface area is 175 Å². The fourth-order valence-corrected chi connectivity index (χ4v) is 4.40. The Bertz CT molecular complexity index is 1060. The molecule has 1 amide bonds. The van der Waals surface area contributed by atoms with E-state index in [1.54, 1.807) is 11.0 Å². The number of hydrogen-bond donors (Lipinski definition) is 1. The number of carbonyl (C=O) groups is 1. The molecule has 4 rings (SSSR count). The highest BCUT2D eigenvalue weighted by atomic mass is 32.2. The third-order valence-electron chi connectivity index (χ3n) is 5.33. The van der Waals surface area contributed by atoms with Gasteiger partial charge in [-0.25, -0.2) is 9.97 Å². The predicted octanol–water partition coefficient (Wildman–Crippen LogP) is 4.68. The second kappa shape index (κ2) is 7.98. The lowest BCUT2D eigenvalue weighted by Crippen LogP contribution is -2.40. The van der Waals surface area contributed by atoms with E-state index in [2.05, 4.69) is 15.0 Å². The summed E-state index contributed by atoms with van der Waals surface area (Å²) in [5.41, 5.74) is 1.56. The Morgan fingerprint density at radius 2 is 2.13 bits per heavy atom. The van der Waals surface area contributed by atoms with Gasteiger partial charge < -0.3 is 14.3 Å². The summed E-state index contributed by atoms with van der Waals surface area (Å²) in [5, 5.41) is 0.481. The van der Waals surface area contributed by atoms with Crippen LogP contribution < -0.4 is 0 Å². The molecule has 10 heteroatoms. The summed E-state index contributed by atoms with van der Waals surface area (Å²) in [6.07, 6.45) is -2.79. The largest absolute Gasteiger partial charge is 0.437 e. The Morgan fingerprint density at radius 3 is 2.83 bits per heavy atom. The number of halogens is 3. The minimum Gasteiger partial charge on any atom is -0.437 e. The lowest BCUT2D eigenvalue weighted by molar-refractivity contribution is -0.141. The van der Waals surface area contributed by atoms with Crippen molar-refractivity contribution in [2.24, 2.45) is 0 Å². The molecule has 160 valence electrons. The number of aryl methyl sites for hydroxylation is 2. The first-order chi connectivity index (χ1) is 14.2. The second-order valence-corrected chi connectivity index (χ2v) is 8.37. The number of H-pyrrole nitrogens is 1. The predicted molar refractivity (Wildman–Crippen MR) is 106 cm³/mol. The molecule has 0 unspecified atom stereocenters. The van der Waals surface area contributed by atoms with Crippen molar-refractivity contribution in [2.45, 2.75) is 44.0 Å². The fraction of sp³-hybridized carbons (Fsp3) is 0.450. The molecule has 0 aromatic carbocycles. The number of alkyl halides is 3. The van der Waals surface area contributed by atoms with Crippen LogP contribution in [0, 0.1) is 13.8 Å². The van der Waals surface area contributed by atoms with E-state index in [1.165, 1.54) is 17.8 Å². The number of pyridine rings is 1. The van der Waals surface area contributed by atoms with Gasteiger partial charge >= 0.3 is 6.18 Å². The fourth-order valence-electron chi connectivity index (χ4n) is 3.58. The molecule has 0 spiro atoms. The van der Waals surface area contributed by atoms with Gasteiger partial charge in [0.25, 0.3) is 5.22 Å². The maximum Gasteiger partial charge on any atom is 0.433 e. The van der Waals surface area contributed by atoms with Crippen LogP contribution in [-0.4, -0.2) is 44.6 Å². The highest BCUT2D eigenvalue weighted by Gasteiger charge is 2.33. The SMILES string of the molecule is Cc1nc(SCC(=O)N2CCC[C@H](c3cc4nc(C(F)(F)F)ccc4[nH]3)C2)oc1C. The number of thioether (sulfide) groups is 1. The van der Waals surface area contributed by atoms with Crippen LogP contribution in [0.25, 0.3) is 11.0 Å². The number of fused-ring (bicyclic) bond motifs is 1. The van der Waals surface area contributed by atoms with Crippen LogP contribution in [0.1, 0.15) is 41.6 Å². The van der Waals surface area contributed by atoms with Crippen molar-refractivity contribution < 1.29 is 22.4 Å². The molecule has 1 aliphatic rings. The van der Waals surface area contributed by atoms with Crippen LogP contribution >= 0.6 is 11.8 Å². The molecule has 30 heavy (non-hydrogen) atoms. The minimum atomic E-state index is -4.47. The lowest BCUT2D eigenvalue weighted by Gasteiger charge is -2.32. The first-order valence-electron chi connectivity index (χ1n) is 9.62. The summed E-state index contributed by atoms with van der Waals surface area (Å²) in [6, 6.07) is 4.04. The highest BCUT2D eigenvalue weighted by molar-refractivity contribution is 7.99. The van der Waals surface area contributed by atoms with Crippen LogP contribution in [-0.2, 0) is 11.0 Å². The molecular weight excluding hydrogens is 417 g/mol. The number of likely N-dealkylation sites (tertiary alicyclic amines) is 1. The third-order valence-corrected chi connectivity index (χ3v) is 6.14. The molecule has 0 aliphatic carbocycles. The van der Waals surface area contributed by atoms with Gasteiger partial charge in [0.15, 0.2) is 0 Å². The van der Waals surface area contributed by atoms with Crippen LogP contribution in [0.3, 0.4) is 0 Å². The Morgan fingerprint density at radius 1 is 1.33 bits per heavy atom. The number of oxazole rings is 1. The van der Waals surface area contributed by atoms with Crippen molar-refractivity contribution in [3.63, 3.8) is 0 Å². The van der Waals surface area contributed by atoms with Crippen molar-refractivity contribution in [3.05, 3.63) is 41.0 Å². The number of aromatic nitrogens is 3. The van der Waals surface area contributed by atoms with Gasteiger partial charge in [-0.1, -0.05) is 11.8 Å². The van der Waals surface area contributed by atoms with Crippen molar-refractivity contribution in [2.75, 3.05) is 18.8 Å². The average molecular weight is 438 g/mol. The summed E-state index contributed by atoms with van der Waals surface area (Å²) >= 11 is 1.27. The van der Waals surface area contributed by atoms with Gasteiger partial charge in [0.1, 0.15) is 11.5 Å². The number of rotatable bonds is 4. The van der Waals surface area contributed by atoms with E-state index in [0.29, 0.717) is 23.8 Å². The monoisotopic (exact) mass is 438 g/mol. The molecule has 4 heterocycles. The second-order valence-electron chi connectivity index (χ2n) is 7.44. The zero-order valence-electron chi connectivity index (χ0n) is 16.5. The first kappa shape index (κ1) is 20.8. The zero-order chi connectivity index (χ0) is 21.5. The van der Waals surface area contributed by atoms with E-state index < -0.39 is 11.9 Å². The molecule has 3 aromatic heterocycles. The van der Waals surface area contributed by atoms with Crippen molar-refractivity contribution in [1.82, 2.24) is 19.9 Å². The van der Waals surface area contributed by atoms with Gasteiger partial charge in [-0.2, -0.15) is 13.2 Å². The summed E-state index contributed by atoms with van der Waals surface area (Å²) in [6.45, 7) is 4.86. The lowest BCUT2D eigenvalue weighted by atomic mass is 9.95. The van der Waals surface area contributed by atoms with E-state index in [0.717, 1.165) is 36.1 Å². The van der Waals surface area contributed by atoms with E-state index in [9.17, 15) is 18.0 Å².